The van der Waals surface area contributed by atoms with Crippen LogP contribution in [0.3, 0.4) is 0 Å². The Hall–Kier alpha value is -0.640. The van der Waals surface area contributed by atoms with Gasteiger partial charge in [0.15, 0.2) is 0 Å². The molecule has 0 fully saturated rings. The van der Waals surface area contributed by atoms with Crippen LogP contribution < -0.4 is 5.32 Å². The first-order valence-corrected chi connectivity index (χ1v) is 8.18. The minimum atomic E-state index is 0.376. The van der Waals surface area contributed by atoms with Gasteiger partial charge >= 0.3 is 0 Å². The van der Waals surface area contributed by atoms with Gasteiger partial charge in [-0.3, -0.25) is 0 Å². The molecule has 2 rings (SSSR count). The number of benzene rings is 1. The van der Waals surface area contributed by atoms with Gasteiger partial charge in [-0.05, 0) is 66.4 Å². The standard InChI is InChI=1S/C16H20BrNS/c1-10-5-11(2)16(12(3)6-10)13(4)18-8-15-7-14(17)9-19-15/h5-7,9,13,18H,8H2,1-4H3. The van der Waals surface area contributed by atoms with Crippen LogP contribution in [-0.4, -0.2) is 0 Å². The molecule has 102 valence electrons. The van der Waals surface area contributed by atoms with E-state index in [9.17, 15) is 0 Å². The summed E-state index contributed by atoms with van der Waals surface area (Å²) in [5.74, 6) is 0. The van der Waals surface area contributed by atoms with Gasteiger partial charge < -0.3 is 5.32 Å². The highest BCUT2D eigenvalue weighted by Crippen LogP contribution is 2.25. The molecule has 1 heterocycles. The maximum absolute atomic E-state index is 3.62. The van der Waals surface area contributed by atoms with Crippen molar-refractivity contribution in [3.8, 4) is 0 Å². The van der Waals surface area contributed by atoms with Crippen molar-refractivity contribution in [3.63, 3.8) is 0 Å². The van der Waals surface area contributed by atoms with E-state index in [1.165, 1.54) is 31.6 Å². The number of thiophene rings is 1. The van der Waals surface area contributed by atoms with Crippen molar-refractivity contribution in [1.82, 2.24) is 5.32 Å². The van der Waals surface area contributed by atoms with E-state index >= 15 is 0 Å². The molecule has 0 amide bonds. The first-order chi connectivity index (χ1) is 8.97. The number of hydrogen-bond acceptors (Lipinski definition) is 2. The molecule has 1 unspecified atom stereocenters. The van der Waals surface area contributed by atoms with Gasteiger partial charge in [-0.25, -0.2) is 0 Å². The van der Waals surface area contributed by atoms with E-state index in [2.05, 4.69) is 72.5 Å². The fourth-order valence-electron chi connectivity index (χ4n) is 2.68. The quantitative estimate of drug-likeness (QED) is 0.799. The Morgan fingerprint density at radius 1 is 1.16 bits per heavy atom. The molecular formula is C16H20BrNS. The molecule has 0 spiro atoms. The highest BCUT2D eigenvalue weighted by molar-refractivity contribution is 9.10. The van der Waals surface area contributed by atoms with Crippen molar-refractivity contribution < 1.29 is 0 Å². The van der Waals surface area contributed by atoms with Crippen LogP contribution in [0, 0.1) is 20.8 Å². The van der Waals surface area contributed by atoms with Crippen molar-refractivity contribution >= 4 is 27.3 Å². The van der Waals surface area contributed by atoms with E-state index < -0.39 is 0 Å². The van der Waals surface area contributed by atoms with Crippen LogP contribution >= 0.6 is 27.3 Å². The van der Waals surface area contributed by atoms with Gasteiger partial charge in [0.1, 0.15) is 0 Å². The summed E-state index contributed by atoms with van der Waals surface area (Å²) in [6.45, 7) is 9.73. The summed E-state index contributed by atoms with van der Waals surface area (Å²) in [6, 6.07) is 7.09. The topological polar surface area (TPSA) is 12.0 Å². The third kappa shape index (κ3) is 3.68. The van der Waals surface area contributed by atoms with E-state index in [1.54, 1.807) is 11.3 Å². The normalized spacial score (nSPS) is 12.7. The van der Waals surface area contributed by atoms with Crippen molar-refractivity contribution in [2.24, 2.45) is 0 Å². The molecule has 3 heteroatoms. The SMILES string of the molecule is Cc1cc(C)c(C(C)NCc2cc(Br)cs2)c(C)c1. The van der Waals surface area contributed by atoms with Crippen molar-refractivity contribution in [2.75, 3.05) is 0 Å². The molecule has 1 nitrogen and oxygen atoms in total. The lowest BCUT2D eigenvalue weighted by Gasteiger charge is -2.19. The summed E-state index contributed by atoms with van der Waals surface area (Å²) in [6.07, 6.45) is 0. The largest absolute Gasteiger partial charge is 0.305 e. The van der Waals surface area contributed by atoms with E-state index in [1.807, 2.05) is 0 Å². The molecule has 1 atom stereocenters. The maximum atomic E-state index is 3.62. The lowest BCUT2D eigenvalue weighted by molar-refractivity contribution is 0.573. The fraction of sp³-hybridized carbons (Fsp3) is 0.375. The van der Waals surface area contributed by atoms with Crippen LogP contribution in [0.1, 0.15) is 40.1 Å². The lowest BCUT2D eigenvalue weighted by atomic mass is 9.95. The Balaban J connectivity index is 2.10. The minimum Gasteiger partial charge on any atom is -0.305 e. The highest BCUT2D eigenvalue weighted by Gasteiger charge is 2.11. The summed E-state index contributed by atoms with van der Waals surface area (Å²) in [7, 11) is 0. The summed E-state index contributed by atoms with van der Waals surface area (Å²) in [5, 5.41) is 5.75. The number of nitrogens with one attached hydrogen (secondary N) is 1. The predicted octanol–water partition coefficient (Wildman–Crippen LogP) is 5.29. The lowest BCUT2D eigenvalue weighted by Crippen LogP contribution is -2.19. The second-order valence-corrected chi connectivity index (χ2v) is 7.06. The smallest absolute Gasteiger partial charge is 0.0305 e. The van der Waals surface area contributed by atoms with Crippen LogP contribution in [0.4, 0.5) is 0 Å². The van der Waals surface area contributed by atoms with Crippen molar-refractivity contribution in [3.05, 3.63) is 55.2 Å². The van der Waals surface area contributed by atoms with Crippen LogP contribution in [0.2, 0.25) is 0 Å². The molecule has 19 heavy (non-hydrogen) atoms. The number of aryl methyl sites for hydroxylation is 3. The predicted molar refractivity (Wildman–Crippen MR) is 87.9 cm³/mol. The first kappa shape index (κ1) is 14.8. The molecule has 0 saturated heterocycles. The Morgan fingerprint density at radius 3 is 2.32 bits per heavy atom. The molecule has 0 saturated carbocycles. The molecular weight excluding hydrogens is 318 g/mol. The summed E-state index contributed by atoms with van der Waals surface area (Å²) >= 11 is 5.29. The number of halogens is 1. The van der Waals surface area contributed by atoms with Gasteiger partial charge in [0.05, 0.1) is 0 Å². The van der Waals surface area contributed by atoms with Crippen LogP contribution in [0.5, 0.6) is 0 Å². The van der Waals surface area contributed by atoms with Gasteiger partial charge in [-0.1, -0.05) is 17.7 Å². The van der Waals surface area contributed by atoms with Crippen LogP contribution in [0.15, 0.2) is 28.1 Å². The zero-order chi connectivity index (χ0) is 14.0. The van der Waals surface area contributed by atoms with Gasteiger partial charge in [0.2, 0.25) is 0 Å². The van der Waals surface area contributed by atoms with Gasteiger partial charge in [0, 0.05) is 27.3 Å². The molecule has 2 aromatic rings. The summed E-state index contributed by atoms with van der Waals surface area (Å²) in [5.41, 5.74) is 5.53. The molecule has 1 N–H and O–H groups in total. The summed E-state index contributed by atoms with van der Waals surface area (Å²) < 4.78 is 1.17. The molecule has 0 aliphatic carbocycles. The first-order valence-electron chi connectivity index (χ1n) is 6.51. The second-order valence-electron chi connectivity index (χ2n) is 5.15. The van der Waals surface area contributed by atoms with Crippen molar-refractivity contribution in [2.45, 2.75) is 40.3 Å². The fourth-order valence-corrected chi connectivity index (χ4v) is 4.08. The number of hydrogen-bond donors (Lipinski definition) is 1. The van der Waals surface area contributed by atoms with Gasteiger partial charge in [0.25, 0.3) is 0 Å². The Kier molecular flexibility index (Phi) is 4.82. The Bertz CT molecular complexity index is 551. The third-order valence-electron chi connectivity index (χ3n) is 3.38. The van der Waals surface area contributed by atoms with Crippen molar-refractivity contribution in [1.29, 1.82) is 0 Å². The maximum Gasteiger partial charge on any atom is 0.0305 e. The number of rotatable bonds is 4. The van der Waals surface area contributed by atoms with E-state index in [-0.39, 0.29) is 0 Å². The minimum absolute atomic E-state index is 0.376. The molecule has 0 radical (unpaired) electrons. The van der Waals surface area contributed by atoms with Crippen LogP contribution in [-0.2, 0) is 6.54 Å². The van der Waals surface area contributed by atoms with E-state index in [4.69, 9.17) is 0 Å². The molecule has 0 aliphatic heterocycles. The van der Waals surface area contributed by atoms with Gasteiger partial charge in [-0.2, -0.15) is 0 Å². The average Bonchev–Trinajstić information content (AvgIpc) is 2.71. The monoisotopic (exact) mass is 337 g/mol. The van der Waals surface area contributed by atoms with E-state index in [0.717, 1.165) is 6.54 Å². The Labute approximate surface area is 128 Å². The molecule has 1 aromatic heterocycles. The Morgan fingerprint density at radius 2 is 1.79 bits per heavy atom. The molecule has 0 bridgehead atoms. The zero-order valence-electron chi connectivity index (χ0n) is 11.9. The zero-order valence-corrected chi connectivity index (χ0v) is 14.3. The highest BCUT2D eigenvalue weighted by atomic mass is 79.9. The van der Waals surface area contributed by atoms with E-state index in [0.29, 0.717) is 6.04 Å². The molecule has 0 aliphatic rings. The van der Waals surface area contributed by atoms with Crippen LogP contribution in [0.25, 0.3) is 0 Å². The second kappa shape index (κ2) is 6.21. The summed E-state index contributed by atoms with van der Waals surface area (Å²) in [4.78, 5) is 1.36. The van der Waals surface area contributed by atoms with Gasteiger partial charge in [-0.15, -0.1) is 11.3 Å². The third-order valence-corrected chi connectivity index (χ3v) is 5.07. The average molecular weight is 338 g/mol. The molecule has 1 aromatic carbocycles.